The lowest BCUT2D eigenvalue weighted by molar-refractivity contribution is -0.153. The van der Waals surface area contributed by atoms with E-state index in [1.165, 1.54) is 12.5 Å². The standard InChI is InChI=1S/C17H26O6/c1-3-5-6-7-8-9-10-14(17(20)21)13-16(19)23-12-11-22-15(18)4-2/h4,9-10,14H,2-3,5-8,11-13H2,1H3,(H,20,21)/b10-9+. The van der Waals surface area contributed by atoms with Crippen molar-refractivity contribution in [2.45, 2.75) is 45.4 Å². The third-order valence-electron chi connectivity index (χ3n) is 3.05. The lowest BCUT2D eigenvalue weighted by Crippen LogP contribution is -2.19. The van der Waals surface area contributed by atoms with E-state index in [1.807, 2.05) is 0 Å². The van der Waals surface area contributed by atoms with Crippen molar-refractivity contribution in [2.75, 3.05) is 13.2 Å². The van der Waals surface area contributed by atoms with Gasteiger partial charge in [0.05, 0.1) is 12.3 Å². The van der Waals surface area contributed by atoms with Gasteiger partial charge in [-0.15, -0.1) is 0 Å². The highest BCUT2D eigenvalue weighted by atomic mass is 16.6. The fraction of sp³-hybridized carbons (Fsp3) is 0.588. The molecular weight excluding hydrogens is 300 g/mol. The van der Waals surface area contributed by atoms with Crippen LogP contribution in [0.25, 0.3) is 0 Å². The summed E-state index contributed by atoms with van der Waals surface area (Å²) in [6, 6.07) is 0. The fourth-order valence-electron chi connectivity index (χ4n) is 1.78. The molecule has 0 spiro atoms. The smallest absolute Gasteiger partial charge is 0.330 e. The minimum atomic E-state index is -1.06. The van der Waals surface area contributed by atoms with Gasteiger partial charge in [-0.25, -0.2) is 4.79 Å². The SMILES string of the molecule is C=CC(=O)OCCOC(=O)CC(/C=C/CCCCCC)C(=O)O. The molecule has 1 atom stereocenters. The molecule has 0 rings (SSSR count). The maximum Gasteiger partial charge on any atom is 0.330 e. The molecule has 1 N–H and O–H groups in total. The van der Waals surface area contributed by atoms with Gasteiger partial charge in [0.25, 0.3) is 0 Å². The van der Waals surface area contributed by atoms with Crippen LogP contribution in [0.15, 0.2) is 24.8 Å². The van der Waals surface area contributed by atoms with Crippen molar-refractivity contribution in [3.05, 3.63) is 24.8 Å². The number of hydrogen-bond donors (Lipinski definition) is 1. The van der Waals surface area contributed by atoms with Gasteiger partial charge in [-0.3, -0.25) is 9.59 Å². The average Bonchev–Trinajstić information content (AvgIpc) is 2.53. The van der Waals surface area contributed by atoms with Gasteiger partial charge < -0.3 is 14.6 Å². The molecule has 0 aromatic rings. The second-order valence-corrected chi connectivity index (χ2v) is 5.02. The van der Waals surface area contributed by atoms with Gasteiger partial charge in [0, 0.05) is 6.08 Å². The number of allylic oxidation sites excluding steroid dienone is 1. The third kappa shape index (κ3) is 12.1. The van der Waals surface area contributed by atoms with E-state index in [9.17, 15) is 14.4 Å². The van der Waals surface area contributed by atoms with E-state index in [-0.39, 0.29) is 19.6 Å². The van der Waals surface area contributed by atoms with Gasteiger partial charge in [-0.05, 0) is 12.8 Å². The molecule has 23 heavy (non-hydrogen) atoms. The largest absolute Gasteiger partial charge is 0.481 e. The molecular formula is C17H26O6. The molecule has 0 aliphatic heterocycles. The Bertz CT molecular complexity index is 413. The maximum absolute atomic E-state index is 11.6. The number of aliphatic carboxylic acids is 1. The Morgan fingerprint density at radius 2 is 1.83 bits per heavy atom. The van der Waals surface area contributed by atoms with Crippen LogP contribution < -0.4 is 0 Å². The van der Waals surface area contributed by atoms with Gasteiger partial charge in [-0.1, -0.05) is 44.9 Å². The summed E-state index contributed by atoms with van der Waals surface area (Å²) in [5.74, 6) is -3.20. The van der Waals surface area contributed by atoms with Crippen LogP contribution in [-0.2, 0) is 23.9 Å². The Hall–Kier alpha value is -2.11. The molecule has 6 heteroatoms. The summed E-state index contributed by atoms with van der Waals surface area (Å²) in [5.41, 5.74) is 0. The summed E-state index contributed by atoms with van der Waals surface area (Å²) in [5, 5.41) is 9.10. The van der Waals surface area contributed by atoms with Crippen LogP contribution >= 0.6 is 0 Å². The molecule has 0 heterocycles. The predicted octanol–water partition coefficient (Wildman–Crippen LogP) is 2.88. The minimum Gasteiger partial charge on any atom is -0.481 e. The van der Waals surface area contributed by atoms with Crippen LogP contribution in [0.3, 0.4) is 0 Å². The van der Waals surface area contributed by atoms with Gasteiger partial charge in [0.1, 0.15) is 13.2 Å². The molecule has 1 unspecified atom stereocenters. The maximum atomic E-state index is 11.6. The Morgan fingerprint density at radius 3 is 2.43 bits per heavy atom. The van der Waals surface area contributed by atoms with E-state index in [1.54, 1.807) is 6.08 Å². The first-order chi connectivity index (χ1) is 11.0. The van der Waals surface area contributed by atoms with Crippen molar-refractivity contribution in [3.8, 4) is 0 Å². The molecule has 0 saturated carbocycles. The van der Waals surface area contributed by atoms with E-state index < -0.39 is 23.8 Å². The molecule has 0 aliphatic carbocycles. The second kappa shape index (κ2) is 13.5. The topological polar surface area (TPSA) is 89.9 Å². The molecule has 0 fully saturated rings. The van der Waals surface area contributed by atoms with Crippen LogP contribution in [0.2, 0.25) is 0 Å². The van der Waals surface area contributed by atoms with E-state index in [4.69, 9.17) is 9.84 Å². The second-order valence-electron chi connectivity index (χ2n) is 5.02. The van der Waals surface area contributed by atoms with Crippen molar-refractivity contribution >= 4 is 17.9 Å². The average molecular weight is 326 g/mol. The quantitative estimate of drug-likeness (QED) is 0.242. The number of carboxylic acids is 1. The Morgan fingerprint density at radius 1 is 1.13 bits per heavy atom. The summed E-state index contributed by atoms with van der Waals surface area (Å²) < 4.78 is 9.47. The molecule has 0 bridgehead atoms. The first-order valence-electron chi connectivity index (χ1n) is 7.85. The van der Waals surface area contributed by atoms with Crippen molar-refractivity contribution in [1.29, 1.82) is 0 Å². The molecule has 130 valence electrons. The lowest BCUT2D eigenvalue weighted by Gasteiger charge is -2.08. The van der Waals surface area contributed by atoms with Gasteiger partial charge >= 0.3 is 17.9 Å². The molecule has 0 radical (unpaired) electrons. The highest BCUT2D eigenvalue weighted by Crippen LogP contribution is 2.10. The Labute approximate surface area is 137 Å². The summed E-state index contributed by atoms with van der Waals surface area (Å²) in [4.78, 5) is 33.5. The zero-order chi connectivity index (χ0) is 17.5. The van der Waals surface area contributed by atoms with Crippen LogP contribution in [0, 0.1) is 5.92 Å². The Kier molecular flexibility index (Phi) is 12.3. The first kappa shape index (κ1) is 20.9. The monoisotopic (exact) mass is 326 g/mol. The van der Waals surface area contributed by atoms with E-state index in [2.05, 4.69) is 18.2 Å². The predicted molar refractivity (Wildman–Crippen MR) is 85.8 cm³/mol. The molecule has 0 amide bonds. The number of carboxylic acid groups (broad SMARTS) is 1. The first-order valence-corrected chi connectivity index (χ1v) is 7.85. The number of carbonyl (C=O) groups excluding carboxylic acids is 2. The van der Waals surface area contributed by atoms with Crippen molar-refractivity contribution < 1.29 is 29.0 Å². The number of rotatable bonds is 13. The van der Waals surface area contributed by atoms with E-state index in [0.717, 1.165) is 31.8 Å². The highest BCUT2D eigenvalue weighted by Gasteiger charge is 2.19. The van der Waals surface area contributed by atoms with Gasteiger partial charge in [0.2, 0.25) is 0 Å². The molecule has 0 saturated heterocycles. The van der Waals surface area contributed by atoms with Crippen molar-refractivity contribution in [2.24, 2.45) is 5.92 Å². The molecule has 6 nitrogen and oxygen atoms in total. The van der Waals surface area contributed by atoms with Gasteiger partial charge in [0.15, 0.2) is 0 Å². The molecule has 0 aromatic carbocycles. The number of esters is 2. The summed E-state index contributed by atoms with van der Waals surface area (Å²) in [6.07, 6.45) is 9.34. The minimum absolute atomic E-state index is 0.0817. The van der Waals surface area contributed by atoms with Crippen LogP contribution in [0.1, 0.15) is 45.4 Å². The van der Waals surface area contributed by atoms with E-state index in [0.29, 0.717) is 0 Å². The molecule has 0 aromatic heterocycles. The van der Waals surface area contributed by atoms with E-state index >= 15 is 0 Å². The Balaban J connectivity index is 4.03. The van der Waals surface area contributed by atoms with Crippen LogP contribution in [0.5, 0.6) is 0 Å². The number of unbranched alkanes of at least 4 members (excludes halogenated alkanes) is 4. The zero-order valence-corrected chi connectivity index (χ0v) is 13.7. The zero-order valence-electron chi connectivity index (χ0n) is 13.7. The number of ether oxygens (including phenoxy) is 2. The van der Waals surface area contributed by atoms with Crippen molar-refractivity contribution in [3.63, 3.8) is 0 Å². The summed E-state index contributed by atoms with van der Waals surface area (Å²) in [6.45, 7) is 5.17. The van der Waals surface area contributed by atoms with Crippen LogP contribution in [-0.4, -0.2) is 36.2 Å². The van der Waals surface area contributed by atoms with Crippen LogP contribution in [0.4, 0.5) is 0 Å². The number of carbonyl (C=O) groups is 3. The fourth-order valence-corrected chi connectivity index (χ4v) is 1.78. The molecule has 0 aliphatic rings. The normalized spacial score (nSPS) is 11.9. The third-order valence-corrected chi connectivity index (χ3v) is 3.05. The van der Waals surface area contributed by atoms with Gasteiger partial charge in [-0.2, -0.15) is 0 Å². The lowest BCUT2D eigenvalue weighted by atomic mass is 10.0. The highest BCUT2D eigenvalue weighted by molar-refractivity contribution is 5.81. The summed E-state index contributed by atoms with van der Waals surface area (Å²) >= 11 is 0. The van der Waals surface area contributed by atoms with Crippen molar-refractivity contribution in [1.82, 2.24) is 0 Å². The summed E-state index contributed by atoms with van der Waals surface area (Å²) in [7, 11) is 0. The number of hydrogen-bond acceptors (Lipinski definition) is 5.